The molecule has 124 valence electrons. The van der Waals surface area contributed by atoms with Crippen molar-refractivity contribution in [2.45, 2.75) is 57.2 Å². The summed E-state index contributed by atoms with van der Waals surface area (Å²) in [5, 5.41) is 19.5. The third-order valence-corrected chi connectivity index (χ3v) is 5.46. The largest absolute Gasteiger partial charge is 0.495 e. The SMILES string of the molecule is COc1cc(CN2CCCC2C2CCCCC2O)ccc1C#N. The summed E-state index contributed by atoms with van der Waals surface area (Å²) in [4.78, 5) is 2.51. The molecule has 4 heteroatoms. The zero-order valence-electron chi connectivity index (χ0n) is 13.9. The Kier molecular flexibility index (Phi) is 5.20. The molecule has 1 aliphatic heterocycles. The van der Waals surface area contributed by atoms with Gasteiger partial charge in [0.25, 0.3) is 0 Å². The summed E-state index contributed by atoms with van der Waals surface area (Å²) in [5.74, 6) is 1.07. The molecule has 1 heterocycles. The lowest BCUT2D eigenvalue weighted by molar-refractivity contribution is 0.0201. The molecule has 3 rings (SSSR count). The van der Waals surface area contributed by atoms with Gasteiger partial charge in [-0.2, -0.15) is 5.26 Å². The van der Waals surface area contributed by atoms with Crippen LogP contribution in [0.5, 0.6) is 5.75 Å². The minimum atomic E-state index is -0.134. The van der Waals surface area contributed by atoms with Crippen LogP contribution in [0, 0.1) is 17.2 Å². The van der Waals surface area contributed by atoms with Gasteiger partial charge in [-0.1, -0.05) is 18.9 Å². The lowest BCUT2D eigenvalue weighted by Crippen LogP contribution is -2.42. The van der Waals surface area contributed by atoms with Crippen molar-refractivity contribution < 1.29 is 9.84 Å². The zero-order valence-corrected chi connectivity index (χ0v) is 13.9. The summed E-state index contributed by atoms with van der Waals surface area (Å²) in [7, 11) is 1.61. The molecule has 1 aromatic carbocycles. The van der Waals surface area contributed by atoms with Gasteiger partial charge in [0.1, 0.15) is 11.8 Å². The fourth-order valence-corrected chi connectivity index (χ4v) is 4.28. The van der Waals surface area contributed by atoms with Crippen LogP contribution in [0.1, 0.15) is 49.7 Å². The summed E-state index contributed by atoms with van der Waals surface area (Å²) in [5.41, 5.74) is 1.76. The van der Waals surface area contributed by atoms with Crippen LogP contribution in [0.3, 0.4) is 0 Å². The fourth-order valence-electron chi connectivity index (χ4n) is 4.28. The number of likely N-dealkylation sites (tertiary alicyclic amines) is 1. The molecule has 0 aromatic heterocycles. The predicted octanol–water partition coefficient (Wildman–Crippen LogP) is 3.08. The van der Waals surface area contributed by atoms with Gasteiger partial charge < -0.3 is 9.84 Å². The van der Waals surface area contributed by atoms with E-state index in [2.05, 4.69) is 11.0 Å². The lowest BCUT2D eigenvalue weighted by Gasteiger charge is -2.37. The summed E-state index contributed by atoms with van der Waals surface area (Å²) < 4.78 is 5.32. The number of aliphatic hydroxyl groups excluding tert-OH is 1. The van der Waals surface area contributed by atoms with E-state index >= 15 is 0 Å². The molecule has 2 aliphatic rings. The Bertz CT molecular complexity index is 581. The number of nitrogens with zero attached hydrogens (tertiary/aromatic N) is 2. The first-order chi connectivity index (χ1) is 11.2. The highest BCUT2D eigenvalue weighted by Gasteiger charge is 2.36. The molecule has 1 aromatic rings. The minimum absolute atomic E-state index is 0.134. The van der Waals surface area contributed by atoms with E-state index in [0.29, 0.717) is 23.3 Å². The van der Waals surface area contributed by atoms with Crippen LogP contribution in [0.15, 0.2) is 18.2 Å². The van der Waals surface area contributed by atoms with Crippen LogP contribution in [0.25, 0.3) is 0 Å². The standard InChI is InChI=1S/C19H26N2O2/c1-23-19-11-14(8-9-15(19)12-20)13-21-10-4-6-17(21)16-5-2-3-7-18(16)22/h8-9,11,16-18,22H,2-7,10,13H2,1H3. The van der Waals surface area contributed by atoms with E-state index in [-0.39, 0.29) is 6.10 Å². The van der Waals surface area contributed by atoms with Gasteiger partial charge >= 0.3 is 0 Å². The van der Waals surface area contributed by atoms with Gasteiger partial charge in [-0.15, -0.1) is 0 Å². The number of benzene rings is 1. The topological polar surface area (TPSA) is 56.5 Å². The maximum Gasteiger partial charge on any atom is 0.136 e. The molecule has 2 fully saturated rings. The van der Waals surface area contributed by atoms with Gasteiger partial charge in [-0.25, -0.2) is 0 Å². The molecule has 1 saturated carbocycles. The van der Waals surface area contributed by atoms with Crippen LogP contribution in [0.2, 0.25) is 0 Å². The van der Waals surface area contributed by atoms with Crippen LogP contribution in [-0.2, 0) is 6.54 Å². The summed E-state index contributed by atoms with van der Waals surface area (Å²) in [6.07, 6.45) is 6.79. The van der Waals surface area contributed by atoms with E-state index in [9.17, 15) is 5.11 Å². The van der Waals surface area contributed by atoms with Crippen molar-refractivity contribution in [3.63, 3.8) is 0 Å². The van der Waals surface area contributed by atoms with Gasteiger partial charge in [0.2, 0.25) is 0 Å². The molecule has 23 heavy (non-hydrogen) atoms. The first-order valence-electron chi connectivity index (χ1n) is 8.72. The van der Waals surface area contributed by atoms with E-state index in [1.54, 1.807) is 7.11 Å². The fraction of sp³-hybridized carbons (Fsp3) is 0.632. The van der Waals surface area contributed by atoms with E-state index in [4.69, 9.17) is 10.00 Å². The maximum atomic E-state index is 10.4. The van der Waals surface area contributed by atoms with Crippen molar-refractivity contribution in [3.8, 4) is 11.8 Å². The highest BCUT2D eigenvalue weighted by molar-refractivity contribution is 5.45. The van der Waals surface area contributed by atoms with Crippen molar-refractivity contribution in [1.29, 1.82) is 5.26 Å². The molecule has 3 unspecified atom stereocenters. The van der Waals surface area contributed by atoms with Crippen molar-refractivity contribution in [2.24, 2.45) is 5.92 Å². The van der Waals surface area contributed by atoms with Gasteiger partial charge in [0.15, 0.2) is 0 Å². The lowest BCUT2D eigenvalue weighted by atomic mass is 9.80. The Labute approximate surface area is 138 Å². The Morgan fingerprint density at radius 1 is 1.26 bits per heavy atom. The molecule has 1 aliphatic carbocycles. The highest BCUT2D eigenvalue weighted by atomic mass is 16.5. The molecule has 1 saturated heterocycles. The monoisotopic (exact) mass is 314 g/mol. The normalized spacial score (nSPS) is 28.5. The molecule has 4 nitrogen and oxygen atoms in total. The third-order valence-electron chi connectivity index (χ3n) is 5.46. The van der Waals surface area contributed by atoms with E-state index in [0.717, 1.165) is 32.4 Å². The smallest absolute Gasteiger partial charge is 0.136 e. The zero-order chi connectivity index (χ0) is 16.2. The Balaban J connectivity index is 1.72. The number of nitriles is 1. The predicted molar refractivity (Wildman–Crippen MR) is 89.1 cm³/mol. The second kappa shape index (κ2) is 7.33. The molecular formula is C19H26N2O2. The molecular weight excluding hydrogens is 288 g/mol. The maximum absolute atomic E-state index is 10.4. The molecule has 0 spiro atoms. The average molecular weight is 314 g/mol. The van der Waals surface area contributed by atoms with Crippen molar-refractivity contribution in [2.75, 3.05) is 13.7 Å². The minimum Gasteiger partial charge on any atom is -0.495 e. The van der Waals surface area contributed by atoms with Crippen LogP contribution in [-0.4, -0.2) is 35.8 Å². The van der Waals surface area contributed by atoms with Crippen molar-refractivity contribution in [1.82, 2.24) is 4.90 Å². The second-order valence-electron chi connectivity index (χ2n) is 6.84. The van der Waals surface area contributed by atoms with Gasteiger partial charge in [-0.3, -0.25) is 4.90 Å². The first kappa shape index (κ1) is 16.3. The molecule has 0 amide bonds. The molecule has 1 N–H and O–H groups in total. The average Bonchev–Trinajstić information content (AvgIpc) is 3.03. The van der Waals surface area contributed by atoms with Crippen LogP contribution >= 0.6 is 0 Å². The summed E-state index contributed by atoms with van der Waals surface area (Å²) in [6.45, 7) is 1.96. The molecule has 0 radical (unpaired) electrons. The quantitative estimate of drug-likeness (QED) is 0.928. The van der Waals surface area contributed by atoms with Gasteiger partial charge in [0, 0.05) is 18.5 Å². The second-order valence-corrected chi connectivity index (χ2v) is 6.84. The number of hydrogen-bond acceptors (Lipinski definition) is 4. The van der Waals surface area contributed by atoms with Crippen LogP contribution in [0.4, 0.5) is 0 Å². The number of ether oxygens (including phenoxy) is 1. The van der Waals surface area contributed by atoms with E-state index in [1.165, 1.54) is 24.8 Å². The Morgan fingerprint density at radius 3 is 2.83 bits per heavy atom. The van der Waals surface area contributed by atoms with Gasteiger partial charge in [-0.05, 0) is 49.9 Å². The van der Waals surface area contributed by atoms with E-state index in [1.807, 2.05) is 18.2 Å². The third kappa shape index (κ3) is 3.52. The van der Waals surface area contributed by atoms with Gasteiger partial charge in [0.05, 0.1) is 18.8 Å². The van der Waals surface area contributed by atoms with Crippen molar-refractivity contribution >= 4 is 0 Å². The first-order valence-corrected chi connectivity index (χ1v) is 8.72. The summed E-state index contributed by atoms with van der Waals surface area (Å²) >= 11 is 0. The Hall–Kier alpha value is -1.57. The number of rotatable bonds is 4. The number of hydrogen-bond donors (Lipinski definition) is 1. The van der Waals surface area contributed by atoms with Crippen molar-refractivity contribution in [3.05, 3.63) is 29.3 Å². The number of methoxy groups -OCH3 is 1. The van der Waals surface area contributed by atoms with E-state index < -0.39 is 0 Å². The highest BCUT2D eigenvalue weighted by Crippen LogP contribution is 2.35. The Morgan fingerprint density at radius 2 is 2.09 bits per heavy atom. The van der Waals surface area contributed by atoms with Crippen LogP contribution < -0.4 is 4.74 Å². The molecule has 0 bridgehead atoms. The number of aliphatic hydroxyl groups is 1. The summed E-state index contributed by atoms with van der Waals surface area (Å²) in [6, 6.07) is 8.50. The molecule has 3 atom stereocenters.